The summed E-state index contributed by atoms with van der Waals surface area (Å²) < 4.78 is 0. The first-order valence-electron chi connectivity index (χ1n) is 7.41. The van der Waals surface area contributed by atoms with Crippen LogP contribution in [-0.2, 0) is 16.0 Å². The average molecular weight is 296 g/mol. The first-order valence-corrected chi connectivity index (χ1v) is 7.41. The van der Waals surface area contributed by atoms with Crippen molar-refractivity contribution in [2.24, 2.45) is 0 Å². The lowest BCUT2D eigenvalue weighted by Gasteiger charge is -2.12. The fraction of sp³-hybridized carbons (Fsp3) is 0.222. The molecule has 0 unspecified atom stereocenters. The smallest absolute Gasteiger partial charge is 0.228 e. The fourth-order valence-electron chi connectivity index (χ4n) is 2.12. The van der Waals surface area contributed by atoms with E-state index in [9.17, 15) is 9.59 Å². The van der Waals surface area contributed by atoms with Crippen molar-refractivity contribution in [3.63, 3.8) is 0 Å². The molecule has 2 N–H and O–H groups in total. The lowest BCUT2D eigenvalue weighted by Crippen LogP contribution is -2.17. The SMILES string of the molecule is CCCC(=O)Nc1ccccc1NC(=O)Cc1ccccc1. The Morgan fingerprint density at radius 3 is 1.95 bits per heavy atom. The van der Waals surface area contributed by atoms with E-state index in [0.29, 0.717) is 24.2 Å². The molecule has 0 saturated heterocycles. The van der Waals surface area contributed by atoms with Crippen molar-refractivity contribution in [2.45, 2.75) is 26.2 Å². The lowest BCUT2D eigenvalue weighted by atomic mass is 10.1. The molecule has 0 spiro atoms. The minimum Gasteiger partial charge on any atom is -0.324 e. The highest BCUT2D eigenvalue weighted by Crippen LogP contribution is 2.21. The van der Waals surface area contributed by atoms with Gasteiger partial charge in [0.15, 0.2) is 0 Å². The van der Waals surface area contributed by atoms with E-state index in [2.05, 4.69) is 10.6 Å². The Labute approximate surface area is 130 Å². The van der Waals surface area contributed by atoms with Crippen molar-refractivity contribution < 1.29 is 9.59 Å². The van der Waals surface area contributed by atoms with Crippen LogP contribution < -0.4 is 10.6 Å². The molecule has 4 heteroatoms. The summed E-state index contributed by atoms with van der Waals surface area (Å²) >= 11 is 0. The van der Waals surface area contributed by atoms with Crippen LogP contribution in [0.2, 0.25) is 0 Å². The van der Waals surface area contributed by atoms with E-state index in [1.807, 2.05) is 49.4 Å². The van der Waals surface area contributed by atoms with Crippen LogP contribution >= 0.6 is 0 Å². The predicted octanol–water partition coefficient (Wildman–Crippen LogP) is 3.61. The fourth-order valence-corrected chi connectivity index (χ4v) is 2.12. The molecule has 2 amide bonds. The van der Waals surface area contributed by atoms with E-state index in [0.717, 1.165) is 12.0 Å². The molecule has 0 saturated carbocycles. The summed E-state index contributed by atoms with van der Waals surface area (Å²) in [7, 11) is 0. The summed E-state index contributed by atoms with van der Waals surface area (Å²) in [4.78, 5) is 23.8. The van der Waals surface area contributed by atoms with E-state index < -0.39 is 0 Å². The number of benzene rings is 2. The van der Waals surface area contributed by atoms with Crippen molar-refractivity contribution in [3.05, 3.63) is 60.2 Å². The molecule has 0 aliphatic carbocycles. The molecule has 0 aliphatic heterocycles. The Morgan fingerprint density at radius 1 is 0.818 bits per heavy atom. The lowest BCUT2D eigenvalue weighted by molar-refractivity contribution is -0.116. The molecule has 0 aromatic heterocycles. The molecular weight excluding hydrogens is 276 g/mol. The second-order valence-corrected chi connectivity index (χ2v) is 5.05. The number of rotatable bonds is 6. The maximum atomic E-state index is 12.1. The first-order chi connectivity index (χ1) is 10.7. The molecule has 2 rings (SSSR count). The summed E-state index contributed by atoms with van der Waals surface area (Å²) in [6, 6.07) is 16.8. The van der Waals surface area contributed by atoms with Gasteiger partial charge in [0, 0.05) is 6.42 Å². The summed E-state index contributed by atoms with van der Waals surface area (Å²) in [5, 5.41) is 5.68. The second-order valence-electron chi connectivity index (χ2n) is 5.05. The first kappa shape index (κ1) is 15.8. The van der Waals surface area contributed by atoms with Gasteiger partial charge in [0.2, 0.25) is 11.8 Å². The van der Waals surface area contributed by atoms with Gasteiger partial charge in [-0.05, 0) is 24.1 Å². The number of para-hydroxylation sites is 2. The maximum absolute atomic E-state index is 12.1. The van der Waals surface area contributed by atoms with Crippen LogP contribution in [0.1, 0.15) is 25.3 Å². The van der Waals surface area contributed by atoms with E-state index in [4.69, 9.17) is 0 Å². The molecular formula is C18H20N2O2. The number of carbonyl (C=O) groups is 2. The highest BCUT2D eigenvalue weighted by atomic mass is 16.2. The van der Waals surface area contributed by atoms with E-state index >= 15 is 0 Å². The monoisotopic (exact) mass is 296 g/mol. The highest BCUT2D eigenvalue weighted by molar-refractivity contribution is 6.00. The Morgan fingerprint density at radius 2 is 1.36 bits per heavy atom. The maximum Gasteiger partial charge on any atom is 0.228 e. The Balaban J connectivity index is 2.03. The average Bonchev–Trinajstić information content (AvgIpc) is 2.50. The Hall–Kier alpha value is -2.62. The molecule has 0 bridgehead atoms. The van der Waals surface area contributed by atoms with E-state index in [-0.39, 0.29) is 11.8 Å². The molecule has 22 heavy (non-hydrogen) atoms. The van der Waals surface area contributed by atoms with Gasteiger partial charge >= 0.3 is 0 Å². The molecule has 2 aromatic rings. The van der Waals surface area contributed by atoms with Crippen molar-refractivity contribution in [3.8, 4) is 0 Å². The zero-order chi connectivity index (χ0) is 15.8. The number of anilines is 2. The minimum absolute atomic E-state index is 0.0488. The number of hydrogen-bond acceptors (Lipinski definition) is 2. The summed E-state index contributed by atoms with van der Waals surface area (Å²) in [5.74, 6) is -0.157. The minimum atomic E-state index is -0.108. The van der Waals surface area contributed by atoms with Gasteiger partial charge in [-0.3, -0.25) is 9.59 Å². The summed E-state index contributed by atoms with van der Waals surface area (Å²) in [6.45, 7) is 1.95. The Bertz CT molecular complexity index is 639. The van der Waals surface area contributed by atoms with Crippen LogP contribution in [-0.4, -0.2) is 11.8 Å². The zero-order valence-electron chi connectivity index (χ0n) is 12.6. The van der Waals surface area contributed by atoms with E-state index in [1.165, 1.54) is 0 Å². The van der Waals surface area contributed by atoms with Crippen LogP contribution in [0.3, 0.4) is 0 Å². The molecule has 4 nitrogen and oxygen atoms in total. The summed E-state index contributed by atoms with van der Waals surface area (Å²) in [5.41, 5.74) is 2.20. The van der Waals surface area contributed by atoms with Gasteiger partial charge < -0.3 is 10.6 Å². The standard InChI is InChI=1S/C18H20N2O2/c1-2-8-17(21)19-15-11-6-7-12-16(15)20-18(22)13-14-9-4-3-5-10-14/h3-7,9-12H,2,8,13H2,1H3,(H,19,21)(H,20,22). The van der Waals surface area contributed by atoms with Crippen LogP contribution in [0.25, 0.3) is 0 Å². The van der Waals surface area contributed by atoms with Crippen LogP contribution in [0.5, 0.6) is 0 Å². The van der Waals surface area contributed by atoms with Crippen LogP contribution in [0, 0.1) is 0 Å². The van der Waals surface area contributed by atoms with Gasteiger partial charge in [0.1, 0.15) is 0 Å². The van der Waals surface area contributed by atoms with E-state index in [1.54, 1.807) is 12.1 Å². The Kier molecular flexibility index (Phi) is 5.72. The second kappa shape index (κ2) is 7.98. The van der Waals surface area contributed by atoms with Gasteiger partial charge in [0.25, 0.3) is 0 Å². The van der Waals surface area contributed by atoms with Gasteiger partial charge in [0.05, 0.1) is 17.8 Å². The number of hydrogen-bond donors (Lipinski definition) is 2. The highest BCUT2D eigenvalue weighted by Gasteiger charge is 2.09. The zero-order valence-corrected chi connectivity index (χ0v) is 12.6. The number of nitrogens with one attached hydrogen (secondary N) is 2. The third kappa shape index (κ3) is 4.74. The quantitative estimate of drug-likeness (QED) is 0.855. The molecule has 0 aliphatic rings. The van der Waals surface area contributed by atoms with Gasteiger partial charge in [-0.25, -0.2) is 0 Å². The molecule has 0 atom stereocenters. The number of carbonyl (C=O) groups excluding carboxylic acids is 2. The molecule has 0 radical (unpaired) electrons. The van der Waals surface area contributed by atoms with Gasteiger partial charge in [-0.15, -0.1) is 0 Å². The normalized spacial score (nSPS) is 10.0. The predicted molar refractivity (Wildman–Crippen MR) is 88.8 cm³/mol. The van der Waals surface area contributed by atoms with Crippen molar-refractivity contribution in [1.29, 1.82) is 0 Å². The van der Waals surface area contributed by atoms with Gasteiger partial charge in [-0.2, -0.15) is 0 Å². The van der Waals surface area contributed by atoms with Crippen LogP contribution in [0.15, 0.2) is 54.6 Å². The van der Waals surface area contributed by atoms with Crippen molar-refractivity contribution in [1.82, 2.24) is 0 Å². The largest absolute Gasteiger partial charge is 0.324 e. The summed E-state index contributed by atoms with van der Waals surface area (Å²) in [6.07, 6.45) is 1.55. The molecule has 0 fully saturated rings. The topological polar surface area (TPSA) is 58.2 Å². The third-order valence-corrected chi connectivity index (χ3v) is 3.16. The van der Waals surface area contributed by atoms with Crippen LogP contribution in [0.4, 0.5) is 11.4 Å². The van der Waals surface area contributed by atoms with Crippen molar-refractivity contribution >= 4 is 23.2 Å². The van der Waals surface area contributed by atoms with Crippen molar-refractivity contribution in [2.75, 3.05) is 10.6 Å². The number of amides is 2. The third-order valence-electron chi connectivity index (χ3n) is 3.16. The van der Waals surface area contributed by atoms with Gasteiger partial charge in [-0.1, -0.05) is 49.4 Å². The molecule has 114 valence electrons. The molecule has 0 heterocycles. The molecule has 2 aromatic carbocycles.